The molecule has 0 aromatic carbocycles. The minimum Gasteiger partial charge on any atom is -0.462 e. The molecule has 0 N–H and O–H groups in total. The molecule has 0 aromatic rings. The van der Waals surface area contributed by atoms with Gasteiger partial charge in [-0.05, 0) is 109 Å². The summed E-state index contributed by atoms with van der Waals surface area (Å²) in [5.74, 6) is -0.897. The van der Waals surface area contributed by atoms with Crippen molar-refractivity contribution in [1.29, 1.82) is 0 Å². The summed E-state index contributed by atoms with van der Waals surface area (Å²) in [6, 6.07) is 0. The topological polar surface area (TPSA) is 78.9 Å². The lowest BCUT2D eigenvalue weighted by Crippen LogP contribution is -2.30. The van der Waals surface area contributed by atoms with Crippen molar-refractivity contribution in [3.05, 3.63) is 85.1 Å². The summed E-state index contributed by atoms with van der Waals surface area (Å²) in [5.41, 5.74) is 0. The van der Waals surface area contributed by atoms with Crippen LogP contribution >= 0.6 is 0 Å². The zero-order valence-corrected chi connectivity index (χ0v) is 46.7. The van der Waals surface area contributed by atoms with Gasteiger partial charge in [0.05, 0.1) is 0 Å². The van der Waals surface area contributed by atoms with Crippen LogP contribution in [-0.2, 0) is 28.6 Å². The van der Waals surface area contributed by atoms with Crippen LogP contribution in [0.2, 0.25) is 0 Å². The second-order valence-corrected chi connectivity index (χ2v) is 19.9. The van der Waals surface area contributed by atoms with Gasteiger partial charge in [0.25, 0.3) is 0 Å². The maximum atomic E-state index is 12.9. The van der Waals surface area contributed by atoms with Gasteiger partial charge in [-0.2, -0.15) is 0 Å². The Bertz CT molecular complexity index is 1370. The van der Waals surface area contributed by atoms with E-state index in [1.807, 2.05) is 0 Å². The Morgan fingerprint density at radius 2 is 0.577 bits per heavy atom. The van der Waals surface area contributed by atoms with E-state index in [2.05, 4.69) is 106 Å². The van der Waals surface area contributed by atoms with E-state index in [-0.39, 0.29) is 31.1 Å². The summed E-state index contributed by atoms with van der Waals surface area (Å²) >= 11 is 0. The van der Waals surface area contributed by atoms with Crippen LogP contribution < -0.4 is 0 Å². The summed E-state index contributed by atoms with van der Waals surface area (Å²) < 4.78 is 16.9. The lowest BCUT2D eigenvalue weighted by Gasteiger charge is -2.18. The van der Waals surface area contributed by atoms with Gasteiger partial charge in [-0.15, -0.1) is 0 Å². The molecule has 0 saturated carbocycles. The summed E-state index contributed by atoms with van der Waals surface area (Å²) in [5, 5.41) is 0. The maximum absolute atomic E-state index is 12.9. The van der Waals surface area contributed by atoms with E-state index in [1.165, 1.54) is 141 Å². The summed E-state index contributed by atoms with van der Waals surface area (Å²) in [6.45, 7) is 6.47. The Morgan fingerprint density at radius 3 is 0.930 bits per heavy atom. The highest BCUT2D eigenvalue weighted by Crippen LogP contribution is 2.15. The first-order valence-corrected chi connectivity index (χ1v) is 30.1. The Labute approximate surface area is 439 Å². The van der Waals surface area contributed by atoms with Crippen molar-refractivity contribution in [2.45, 2.75) is 297 Å². The van der Waals surface area contributed by atoms with E-state index in [0.717, 1.165) is 109 Å². The number of hydrogen-bond acceptors (Lipinski definition) is 6. The fraction of sp³-hybridized carbons (Fsp3) is 0.738. The molecular formula is C65H112O6. The third-order valence-electron chi connectivity index (χ3n) is 12.8. The minimum atomic E-state index is -0.784. The molecule has 0 spiro atoms. The van der Waals surface area contributed by atoms with Crippen molar-refractivity contribution in [2.24, 2.45) is 0 Å². The number of esters is 3. The van der Waals surface area contributed by atoms with Gasteiger partial charge >= 0.3 is 17.9 Å². The number of hydrogen-bond donors (Lipinski definition) is 0. The highest BCUT2D eigenvalue weighted by molar-refractivity contribution is 5.71. The second kappa shape index (κ2) is 59.2. The third-order valence-corrected chi connectivity index (χ3v) is 12.8. The second-order valence-electron chi connectivity index (χ2n) is 19.9. The van der Waals surface area contributed by atoms with Gasteiger partial charge in [0.2, 0.25) is 0 Å². The number of ether oxygens (including phenoxy) is 3. The van der Waals surface area contributed by atoms with Crippen LogP contribution in [0.3, 0.4) is 0 Å². The molecule has 0 heterocycles. The van der Waals surface area contributed by atoms with Crippen molar-refractivity contribution in [3.63, 3.8) is 0 Å². The SMILES string of the molecule is CC/C=C\C/C=C\C/C=C\C/C=C\C/C=C\CCCCCCCCCCCC(=O)OCC(COC(=O)CCCCCCC/C=C\CCC)OC(=O)CCCCCCCCC/C=C\CCCCCCCCC. The van der Waals surface area contributed by atoms with E-state index in [1.54, 1.807) is 0 Å². The van der Waals surface area contributed by atoms with Crippen LogP contribution in [0, 0.1) is 0 Å². The predicted molar refractivity (Wildman–Crippen MR) is 307 cm³/mol. The Hall–Kier alpha value is -3.41. The lowest BCUT2D eigenvalue weighted by atomic mass is 10.1. The van der Waals surface area contributed by atoms with Gasteiger partial charge in [-0.1, -0.05) is 247 Å². The fourth-order valence-corrected chi connectivity index (χ4v) is 8.35. The molecule has 0 bridgehead atoms. The summed E-state index contributed by atoms with van der Waals surface area (Å²) in [7, 11) is 0. The molecule has 0 aliphatic rings. The molecule has 1 unspecified atom stereocenters. The largest absolute Gasteiger partial charge is 0.462 e. The number of rotatable bonds is 54. The van der Waals surface area contributed by atoms with Crippen LogP contribution in [-0.4, -0.2) is 37.2 Å². The van der Waals surface area contributed by atoms with Crippen molar-refractivity contribution in [2.75, 3.05) is 13.2 Å². The summed E-state index contributed by atoms with van der Waals surface area (Å²) in [4.78, 5) is 38.1. The molecule has 0 aliphatic carbocycles. The van der Waals surface area contributed by atoms with Gasteiger partial charge in [-0.3, -0.25) is 14.4 Å². The van der Waals surface area contributed by atoms with Crippen molar-refractivity contribution in [3.8, 4) is 0 Å². The van der Waals surface area contributed by atoms with E-state index in [9.17, 15) is 14.4 Å². The average molecular weight is 990 g/mol. The van der Waals surface area contributed by atoms with Crippen molar-refractivity contribution >= 4 is 17.9 Å². The minimum absolute atomic E-state index is 0.0834. The van der Waals surface area contributed by atoms with Gasteiger partial charge in [0.1, 0.15) is 13.2 Å². The first-order chi connectivity index (χ1) is 35.0. The summed E-state index contributed by atoms with van der Waals surface area (Å²) in [6.07, 6.45) is 77.3. The Kier molecular flexibility index (Phi) is 56.3. The molecule has 408 valence electrons. The number of unbranched alkanes of at least 4 members (excludes halogenated alkanes) is 29. The molecule has 1 atom stereocenters. The van der Waals surface area contributed by atoms with Gasteiger partial charge in [-0.25, -0.2) is 0 Å². The van der Waals surface area contributed by atoms with E-state index < -0.39 is 6.10 Å². The first-order valence-electron chi connectivity index (χ1n) is 30.1. The van der Waals surface area contributed by atoms with Crippen molar-refractivity contribution in [1.82, 2.24) is 0 Å². The van der Waals surface area contributed by atoms with E-state index >= 15 is 0 Å². The van der Waals surface area contributed by atoms with Crippen LogP contribution in [0.25, 0.3) is 0 Å². The number of carbonyl (C=O) groups excluding carboxylic acids is 3. The van der Waals surface area contributed by atoms with Gasteiger partial charge < -0.3 is 14.2 Å². The van der Waals surface area contributed by atoms with Crippen LogP contribution in [0.5, 0.6) is 0 Å². The Morgan fingerprint density at radius 1 is 0.296 bits per heavy atom. The maximum Gasteiger partial charge on any atom is 0.306 e. The first kappa shape index (κ1) is 67.6. The molecule has 6 heteroatoms. The standard InChI is InChI=1S/C65H112O6/c1-4-7-10-13-16-19-22-24-26-28-30-31-32-33-34-35-36-38-39-41-43-46-49-52-55-58-64(67)70-61-62(60-69-63(66)57-54-51-48-45-21-18-15-12-9-6-3)71-65(68)59-56-53-50-47-44-42-40-37-29-27-25-23-20-17-14-11-8-5-2/h7,10,12,15-16,19,24,26-27,29-31,33-34,62H,4-6,8-9,11,13-14,17-18,20-23,25,28,32,35-61H2,1-3H3/b10-7-,15-12-,19-16-,26-24-,29-27-,31-30-,34-33-. The Balaban J connectivity index is 4.28. The molecule has 0 saturated heterocycles. The molecule has 0 aromatic heterocycles. The molecule has 0 amide bonds. The average Bonchev–Trinajstić information content (AvgIpc) is 3.37. The fourth-order valence-electron chi connectivity index (χ4n) is 8.35. The molecule has 0 fully saturated rings. The quantitative estimate of drug-likeness (QED) is 0.0261. The molecule has 0 aliphatic heterocycles. The normalized spacial score (nSPS) is 12.7. The van der Waals surface area contributed by atoms with Crippen LogP contribution in [0.4, 0.5) is 0 Å². The third kappa shape index (κ3) is 57.4. The smallest absolute Gasteiger partial charge is 0.306 e. The van der Waals surface area contributed by atoms with Gasteiger partial charge in [0.15, 0.2) is 6.10 Å². The number of allylic oxidation sites excluding steroid dienone is 14. The van der Waals surface area contributed by atoms with Gasteiger partial charge in [0, 0.05) is 19.3 Å². The highest BCUT2D eigenvalue weighted by Gasteiger charge is 2.19. The molecular weight excluding hydrogens is 877 g/mol. The van der Waals surface area contributed by atoms with E-state index in [0.29, 0.717) is 19.3 Å². The van der Waals surface area contributed by atoms with Crippen LogP contribution in [0.1, 0.15) is 290 Å². The molecule has 71 heavy (non-hydrogen) atoms. The zero-order chi connectivity index (χ0) is 51.4. The molecule has 6 nitrogen and oxygen atoms in total. The lowest BCUT2D eigenvalue weighted by molar-refractivity contribution is -0.167. The van der Waals surface area contributed by atoms with Crippen molar-refractivity contribution < 1.29 is 28.6 Å². The monoisotopic (exact) mass is 989 g/mol. The zero-order valence-electron chi connectivity index (χ0n) is 46.7. The number of carbonyl (C=O) groups is 3. The molecule has 0 radical (unpaired) electrons. The predicted octanol–water partition coefficient (Wildman–Crippen LogP) is 20.3. The van der Waals surface area contributed by atoms with Crippen LogP contribution in [0.15, 0.2) is 85.1 Å². The molecule has 0 rings (SSSR count). The van der Waals surface area contributed by atoms with E-state index in [4.69, 9.17) is 14.2 Å². The highest BCUT2D eigenvalue weighted by atomic mass is 16.6.